The van der Waals surface area contributed by atoms with Crippen molar-refractivity contribution in [1.82, 2.24) is 35.2 Å². The standard InChI is InChI=1S/C22H16FN7O4/c23-15-11-28-30-17(22(33)27-10-14-9-24-3-4-25-14)7-16(29-20(15)30)21(32)26-8-12-1-2-18-13(5-12)6-19(31)34-18/h1-5,7,9,11H,6,8,10H2,(H,26,32)(H,27,33). The van der Waals surface area contributed by atoms with Gasteiger partial charge in [-0.05, 0) is 17.7 Å². The lowest BCUT2D eigenvalue weighted by molar-refractivity contribution is -0.131. The van der Waals surface area contributed by atoms with Gasteiger partial charge in [0.15, 0.2) is 11.5 Å². The minimum atomic E-state index is -0.777. The summed E-state index contributed by atoms with van der Waals surface area (Å²) in [6.07, 6.45) is 5.57. The van der Waals surface area contributed by atoms with Crippen molar-refractivity contribution in [3.63, 3.8) is 0 Å². The SMILES string of the molecule is O=C1Cc2cc(CNC(=O)c3cc(C(=O)NCc4cnccn4)n4ncc(F)c4n3)ccc2O1. The average molecular weight is 461 g/mol. The number of benzene rings is 1. The Balaban J connectivity index is 1.35. The average Bonchev–Trinajstić information content (AvgIpc) is 3.42. The molecule has 34 heavy (non-hydrogen) atoms. The van der Waals surface area contributed by atoms with Gasteiger partial charge in [0.2, 0.25) is 0 Å². The number of nitrogens with one attached hydrogen (secondary N) is 2. The number of fused-ring (bicyclic) bond motifs is 2. The molecule has 0 saturated heterocycles. The smallest absolute Gasteiger partial charge is 0.315 e. The molecule has 12 heteroatoms. The molecule has 5 rings (SSSR count). The van der Waals surface area contributed by atoms with Gasteiger partial charge in [0.1, 0.15) is 17.1 Å². The molecule has 0 aliphatic carbocycles. The second kappa shape index (κ2) is 8.65. The molecule has 0 atom stereocenters. The Morgan fingerprint density at radius 3 is 2.76 bits per heavy atom. The van der Waals surface area contributed by atoms with Crippen molar-refractivity contribution >= 4 is 23.4 Å². The number of nitrogens with zero attached hydrogens (tertiary/aromatic N) is 5. The summed E-state index contributed by atoms with van der Waals surface area (Å²) in [6.45, 7) is 0.204. The molecule has 0 spiro atoms. The molecule has 0 unspecified atom stereocenters. The number of carbonyl (C=O) groups excluding carboxylic acids is 3. The second-order valence-corrected chi connectivity index (χ2v) is 7.41. The van der Waals surface area contributed by atoms with Crippen LogP contribution in [-0.4, -0.2) is 42.3 Å². The van der Waals surface area contributed by atoms with Crippen molar-refractivity contribution in [2.45, 2.75) is 19.5 Å². The summed E-state index contributed by atoms with van der Waals surface area (Å²) >= 11 is 0. The minimum Gasteiger partial charge on any atom is -0.426 e. The topological polar surface area (TPSA) is 140 Å². The maximum absolute atomic E-state index is 14.2. The van der Waals surface area contributed by atoms with E-state index < -0.39 is 17.6 Å². The van der Waals surface area contributed by atoms with E-state index in [1.54, 1.807) is 18.2 Å². The third kappa shape index (κ3) is 4.16. The van der Waals surface area contributed by atoms with Crippen LogP contribution in [-0.2, 0) is 24.3 Å². The zero-order chi connectivity index (χ0) is 23.7. The molecule has 4 aromatic rings. The van der Waals surface area contributed by atoms with Gasteiger partial charge < -0.3 is 15.4 Å². The Kier molecular flexibility index (Phi) is 5.38. The Bertz CT molecular complexity index is 1440. The molecule has 2 amide bonds. The first-order chi connectivity index (χ1) is 16.5. The molecule has 170 valence electrons. The number of carbonyl (C=O) groups is 3. The number of hydrogen-bond donors (Lipinski definition) is 2. The summed E-state index contributed by atoms with van der Waals surface area (Å²) < 4.78 is 20.3. The van der Waals surface area contributed by atoms with Gasteiger partial charge >= 0.3 is 5.97 Å². The van der Waals surface area contributed by atoms with Crippen LogP contribution in [0, 0.1) is 5.82 Å². The van der Waals surface area contributed by atoms with Gasteiger partial charge in [-0.2, -0.15) is 5.10 Å². The van der Waals surface area contributed by atoms with E-state index in [1.807, 2.05) is 0 Å². The summed E-state index contributed by atoms with van der Waals surface area (Å²) in [7, 11) is 0. The molecule has 4 heterocycles. The van der Waals surface area contributed by atoms with Crippen molar-refractivity contribution in [2.75, 3.05) is 0 Å². The molecule has 1 aliphatic rings. The molecule has 11 nitrogen and oxygen atoms in total. The van der Waals surface area contributed by atoms with E-state index in [2.05, 4.69) is 30.7 Å². The van der Waals surface area contributed by atoms with Crippen LogP contribution in [0.3, 0.4) is 0 Å². The largest absolute Gasteiger partial charge is 0.426 e. The van der Waals surface area contributed by atoms with Crippen LogP contribution in [0.1, 0.15) is 37.8 Å². The highest BCUT2D eigenvalue weighted by molar-refractivity contribution is 5.98. The molecular weight excluding hydrogens is 445 g/mol. The van der Waals surface area contributed by atoms with Crippen LogP contribution in [0.2, 0.25) is 0 Å². The van der Waals surface area contributed by atoms with Crippen LogP contribution in [0.5, 0.6) is 5.75 Å². The van der Waals surface area contributed by atoms with Crippen molar-refractivity contribution in [1.29, 1.82) is 0 Å². The minimum absolute atomic E-state index is 0.0730. The Morgan fingerprint density at radius 1 is 1.09 bits per heavy atom. The first-order valence-corrected chi connectivity index (χ1v) is 10.2. The number of esters is 1. The maximum atomic E-state index is 14.2. The summed E-state index contributed by atoms with van der Waals surface area (Å²) in [4.78, 5) is 49.0. The lowest BCUT2D eigenvalue weighted by Crippen LogP contribution is -2.28. The molecule has 0 bridgehead atoms. The summed E-state index contributed by atoms with van der Waals surface area (Å²) in [5.74, 6) is -1.82. The number of ether oxygens (including phenoxy) is 1. The van der Waals surface area contributed by atoms with E-state index in [0.29, 0.717) is 11.4 Å². The molecule has 3 aromatic heterocycles. The Labute approximate surface area is 191 Å². The fraction of sp³-hybridized carbons (Fsp3) is 0.136. The van der Waals surface area contributed by atoms with Crippen molar-refractivity contribution in [3.05, 3.63) is 83.1 Å². The molecule has 0 radical (unpaired) electrons. The number of hydrogen-bond acceptors (Lipinski definition) is 8. The summed E-state index contributed by atoms with van der Waals surface area (Å²) in [5.41, 5.74) is 1.51. The van der Waals surface area contributed by atoms with Crippen LogP contribution >= 0.6 is 0 Å². The number of rotatable bonds is 6. The third-order valence-electron chi connectivity index (χ3n) is 5.08. The van der Waals surface area contributed by atoms with Crippen LogP contribution in [0.15, 0.2) is 49.1 Å². The van der Waals surface area contributed by atoms with Crippen LogP contribution in [0.25, 0.3) is 5.65 Å². The second-order valence-electron chi connectivity index (χ2n) is 7.41. The van der Waals surface area contributed by atoms with E-state index in [4.69, 9.17) is 4.74 Å². The summed E-state index contributed by atoms with van der Waals surface area (Å²) in [5, 5.41) is 9.18. The molecule has 0 fully saturated rings. The van der Waals surface area contributed by atoms with Gasteiger partial charge in [-0.3, -0.25) is 24.4 Å². The highest BCUT2D eigenvalue weighted by atomic mass is 19.1. The number of halogens is 1. The normalized spacial score (nSPS) is 12.3. The van der Waals surface area contributed by atoms with Crippen LogP contribution < -0.4 is 15.4 Å². The molecule has 1 aromatic carbocycles. The lowest BCUT2D eigenvalue weighted by atomic mass is 10.1. The van der Waals surface area contributed by atoms with Gasteiger partial charge in [0.05, 0.1) is 31.1 Å². The first kappa shape index (κ1) is 21.1. The van der Waals surface area contributed by atoms with Gasteiger partial charge in [0, 0.05) is 30.6 Å². The maximum Gasteiger partial charge on any atom is 0.315 e. The number of aromatic nitrogens is 5. The van der Waals surface area contributed by atoms with Crippen molar-refractivity contribution in [3.8, 4) is 5.75 Å². The van der Waals surface area contributed by atoms with E-state index in [-0.39, 0.29) is 42.5 Å². The molecular formula is C22H16FN7O4. The fourth-order valence-corrected chi connectivity index (χ4v) is 3.46. The van der Waals surface area contributed by atoms with Gasteiger partial charge in [0.25, 0.3) is 11.8 Å². The molecule has 1 aliphatic heterocycles. The highest BCUT2D eigenvalue weighted by Gasteiger charge is 2.22. The summed E-state index contributed by atoms with van der Waals surface area (Å²) in [6, 6.07) is 6.37. The Morgan fingerprint density at radius 2 is 1.94 bits per heavy atom. The van der Waals surface area contributed by atoms with Crippen LogP contribution in [0.4, 0.5) is 4.39 Å². The molecule has 0 saturated carbocycles. The van der Waals surface area contributed by atoms with Gasteiger partial charge in [-0.1, -0.05) is 6.07 Å². The first-order valence-electron chi connectivity index (χ1n) is 10.2. The zero-order valence-corrected chi connectivity index (χ0v) is 17.5. The van der Waals surface area contributed by atoms with Gasteiger partial charge in [-0.15, -0.1) is 0 Å². The highest BCUT2D eigenvalue weighted by Crippen LogP contribution is 2.26. The van der Waals surface area contributed by atoms with E-state index in [9.17, 15) is 18.8 Å². The quantitative estimate of drug-likeness (QED) is 0.320. The van der Waals surface area contributed by atoms with E-state index in [0.717, 1.165) is 21.8 Å². The van der Waals surface area contributed by atoms with Crippen molar-refractivity contribution in [2.24, 2.45) is 0 Å². The third-order valence-corrected chi connectivity index (χ3v) is 5.08. The monoisotopic (exact) mass is 461 g/mol. The van der Waals surface area contributed by atoms with E-state index >= 15 is 0 Å². The predicted octanol–water partition coefficient (Wildman–Crippen LogP) is 0.980. The fourth-order valence-electron chi connectivity index (χ4n) is 3.46. The van der Waals surface area contributed by atoms with E-state index in [1.165, 1.54) is 24.7 Å². The van der Waals surface area contributed by atoms with Gasteiger partial charge in [-0.25, -0.2) is 13.9 Å². The lowest BCUT2D eigenvalue weighted by Gasteiger charge is -2.10. The predicted molar refractivity (Wildman–Crippen MR) is 113 cm³/mol. The van der Waals surface area contributed by atoms with Crippen molar-refractivity contribution < 1.29 is 23.5 Å². The molecule has 2 N–H and O–H groups in total. The number of amides is 2. The zero-order valence-electron chi connectivity index (χ0n) is 17.5. The Hall–Kier alpha value is -4.74.